The van der Waals surface area contributed by atoms with Crippen LogP contribution in [-0.2, 0) is 9.59 Å². The second-order valence-electron chi connectivity index (χ2n) is 1.47. The molecule has 0 aromatic rings. The van der Waals surface area contributed by atoms with Crippen LogP contribution in [0.15, 0.2) is 12.7 Å². The van der Waals surface area contributed by atoms with E-state index in [4.69, 9.17) is 15.9 Å². The zero-order chi connectivity index (χ0) is 9.28. The third kappa shape index (κ3) is 28.8. The highest BCUT2D eigenvalue weighted by atomic mass is 16.4. The van der Waals surface area contributed by atoms with Crippen molar-refractivity contribution in [3.8, 4) is 0 Å². The first-order chi connectivity index (χ1) is 5.04. The molecule has 4 N–H and O–H groups in total. The van der Waals surface area contributed by atoms with Gasteiger partial charge in [0.1, 0.15) is 0 Å². The third-order valence-electron chi connectivity index (χ3n) is 0.533. The monoisotopic (exact) mass is 161 g/mol. The molecule has 0 aromatic heterocycles. The van der Waals surface area contributed by atoms with Gasteiger partial charge in [-0.3, -0.25) is 4.79 Å². The molecule has 64 valence electrons. The molecule has 0 fully saturated rings. The second kappa shape index (κ2) is 8.64. The lowest BCUT2D eigenvalue weighted by Crippen LogP contribution is -2.05. The third-order valence-corrected chi connectivity index (χ3v) is 0.533. The average Bonchev–Trinajstić information content (AvgIpc) is 1.89. The topological polar surface area (TPSA) is 101 Å². The van der Waals surface area contributed by atoms with E-state index in [1.54, 1.807) is 0 Å². The van der Waals surface area contributed by atoms with Gasteiger partial charge in [-0.2, -0.15) is 0 Å². The maximum absolute atomic E-state index is 9.52. The quantitative estimate of drug-likeness (QED) is 0.492. The predicted octanol–water partition coefficient (Wildman–Crippen LogP) is -0.323. The molecule has 0 unspecified atom stereocenters. The Morgan fingerprint density at radius 3 is 1.82 bits per heavy atom. The summed E-state index contributed by atoms with van der Waals surface area (Å²) in [6, 6.07) is 0. The van der Waals surface area contributed by atoms with Gasteiger partial charge in [-0.15, -0.1) is 0 Å². The van der Waals surface area contributed by atoms with Crippen LogP contribution in [0.2, 0.25) is 0 Å². The molecular formula is C6H11NO4. The molecule has 0 saturated carbocycles. The first-order valence-electron chi connectivity index (χ1n) is 2.81. The lowest BCUT2D eigenvalue weighted by atomic mass is 10.5. The van der Waals surface area contributed by atoms with Crippen LogP contribution in [0.5, 0.6) is 0 Å². The van der Waals surface area contributed by atoms with Gasteiger partial charge in [0.25, 0.3) is 0 Å². The van der Waals surface area contributed by atoms with E-state index in [0.717, 1.165) is 6.08 Å². The van der Waals surface area contributed by atoms with Crippen molar-refractivity contribution in [1.29, 1.82) is 0 Å². The lowest BCUT2D eigenvalue weighted by Gasteiger charge is -1.80. The number of rotatable bonds is 3. The molecule has 0 atom stereocenters. The zero-order valence-corrected chi connectivity index (χ0v) is 5.99. The van der Waals surface area contributed by atoms with E-state index >= 15 is 0 Å². The Bertz CT molecular complexity index is 144. The van der Waals surface area contributed by atoms with Crippen molar-refractivity contribution >= 4 is 11.9 Å². The fraction of sp³-hybridized carbons (Fsp3) is 0.333. The molecule has 0 aliphatic carbocycles. The maximum Gasteiger partial charge on any atom is 0.327 e. The van der Waals surface area contributed by atoms with Crippen molar-refractivity contribution in [2.45, 2.75) is 6.42 Å². The van der Waals surface area contributed by atoms with E-state index in [2.05, 4.69) is 6.58 Å². The zero-order valence-electron chi connectivity index (χ0n) is 5.99. The van der Waals surface area contributed by atoms with E-state index < -0.39 is 11.9 Å². The number of aliphatic carboxylic acids is 2. The Morgan fingerprint density at radius 2 is 1.82 bits per heavy atom. The first-order valence-corrected chi connectivity index (χ1v) is 2.81. The van der Waals surface area contributed by atoms with Crippen LogP contribution >= 0.6 is 0 Å². The largest absolute Gasteiger partial charge is 0.481 e. The van der Waals surface area contributed by atoms with Crippen molar-refractivity contribution in [1.82, 2.24) is 0 Å². The fourth-order valence-corrected chi connectivity index (χ4v) is 0.123. The standard InChI is InChI=1S/C3H7NO2.C3H4O2/c4-2-1-3(5)6;1-2-3(4)5/h1-2,4H2,(H,5,6);2H,1H2,(H,4,5). The van der Waals surface area contributed by atoms with Crippen molar-refractivity contribution in [2.24, 2.45) is 5.73 Å². The normalized spacial score (nSPS) is 7.36. The van der Waals surface area contributed by atoms with Crippen LogP contribution in [-0.4, -0.2) is 28.7 Å². The molecule has 5 heteroatoms. The van der Waals surface area contributed by atoms with Crippen LogP contribution < -0.4 is 5.73 Å². The molecule has 11 heavy (non-hydrogen) atoms. The van der Waals surface area contributed by atoms with Gasteiger partial charge in [-0.05, 0) is 0 Å². The number of carboxylic acids is 2. The van der Waals surface area contributed by atoms with E-state index in [9.17, 15) is 9.59 Å². The van der Waals surface area contributed by atoms with Crippen LogP contribution in [0.3, 0.4) is 0 Å². The smallest absolute Gasteiger partial charge is 0.327 e. The van der Waals surface area contributed by atoms with Crippen LogP contribution in [0, 0.1) is 0 Å². The molecule has 0 aliphatic rings. The summed E-state index contributed by atoms with van der Waals surface area (Å²) < 4.78 is 0. The molecule has 0 aromatic carbocycles. The van der Waals surface area contributed by atoms with Gasteiger partial charge in [0, 0.05) is 12.6 Å². The van der Waals surface area contributed by atoms with Gasteiger partial charge < -0.3 is 15.9 Å². The highest BCUT2D eigenvalue weighted by Crippen LogP contribution is 1.67. The Kier molecular flexibility index (Phi) is 9.68. The van der Waals surface area contributed by atoms with E-state index in [-0.39, 0.29) is 13.0 Å². The van der Waals surface area contributed by atoms with Gasteiger partial charge in [-0.25, -0.2) is 4.79 Å². The fourth-order valence-electron chi connectivity index (χ4n) is 0.123. The molecule has 0 spiro atoms. The molecule has 0 aliphatic heterocycles. The van der Waals surface area contributed by atoms with Crippen LogP contribution in [0.1, 0.15) is 6.42 Å². The minimum atomic E-state index is -0.981. The van der Waals surface area contributed by atoms with Crippen LogP contribution in [0.25, 0.3) is 0 Å². The summed E-state index contributed by atoms with van der Waals surface area (Å²) in [5, 5.41) is 15.4. The van der Waals surface area contributed by atoms with Gasteiger partial charge >= 0.3 is 11.9 Å². The average molecular weight is 161 g/mol. The summed E-state index contributed by atoms with van der Waals surface area (Å²) in [6.45, 7) is 3.19. The molecule has 0 radical (unpaired) electrons. The number of hydrogen-bond donors (Lipinski definition) is 3. The highest BCUT2D eigenvalue weighted by Gasteiger charge is 1.87. The SMILES string of the molecule is C=CC(=O)O.NCCC(=O)O. The molecule has 5 nitrogen and oxygen atoms in total. The van der Waals surface area contributed by atoms with Gasteiger partial charge in [0.15, 0.2) is 0 Å². The molecular weight excluding hydrogens is 150 g/mol. The van der Waals surface area contributed by atoms with Crippen LogP contribution in [0.4, 0.5) is 0 Å². The number of carbonyl (C=O) groups is 2. The highest BCUT2D eigenvalue weighted by molar-refractivity contribution is 5.78. The summed E-state index contributed by atoms with van der Waals surface area (Å²) in [4.78, 5) is 18.8. The summed E-state index contributed by atoms with van der Waals surface area (Å²) in [5.41, 5.74) is 4.85. The Morgan fingerprint density at radius 1 is 1.45 bits per heavy atom. The minimum absolute atomic E-state index is 0.0694. The Hall–Kier alpha value is -1.36. The number of carboxylic acid groups (broad SMARTS) is 2. The predicted molar refractivity (Wildman–Crippen MR) is 39.1 cm³/mol. The van der Waals surface area contributed by atoms with E-state index in [1.165, 1.54) is 0 Å². The summed E-state index contributed by atoms with van der Waals surface area (Å²) in [6.07, 6.45) is 0.903. The second-order valence-corrected chi connectivity index (χ2v) is 1.47. The molecule has 0 bridgehead atoms. The summed E-state index contributed by atoms with van der Waals surface area (Å²) in [5.74, 6) is -1.82. The lowest BCUT2D eigenvalue weighted by molar-refractivity contribution is -0.136. The Balaban J connectivity index is 0. The van der Waals surface area contributed by atoms with E-state index in [0.29, 0.717) is 0 Å². The van der Waals surface area contributed by atoms with Crippen molar-refractivity contribution in [2.75, 3.05) is 6.54 Å². The van der Waals surface area contributed by atoms with Gasteiger partial charge in [0.05, 0.1) is 6.42 Å². The summed E-state index contributed by atoms with van der Waals surface area (Å²) in [7, 11) is 0. The van der Waals surface area contributed by atoms with Gasteiger partial charge in [-0.1, -0.05) is 6.58 Å². The van der Waals surface area contributed by atoms with Crippen molar-refractivity contribution in [3.05, 3.63) is 12.7 Å². The number of hydrogen-bond acceptors (Lipinski definition) is 3. The van der Waals surface area contributed by atoms with Crippen molar-refractivity contribution in [3.63, 3.8) is 0 Å². The minimum Gasteiger partial charge on any atom is -0.481 e. The molecule has 0 amide bonds. The Labute approximate surface area is 64.1 Å². The summed E-state index contributed by atoms with van der Waals surface area (Å²) >= 11 is 0. The maximum atomic E-state index is 9.52. The van der Waals surface area contributed by atoms with Crippen molar-refractivity contribution < 1.29 is 19.8 Å². The molecule has 0 rings (SSSR count). The van der Waals surface area contributed by atoms with E-state index in [1.807, 2.05) is 0 Å². The molecule has 0 heterocycles. The first kappa shape index (κ1) is 12.3. The number of nitrogens with two attached hydrogens (primary N) is 1. The molecule has 0 saturated heterocycles. The van der Waals surface area contributed by atoms with Gasteiger partial charge in [0.2, 0.25) is 0 Å².